The number of carbonyl (C=O) groups excluding carboxylic acids is 2. The number of hydrogen-bond donors (Lipinski definition) is 2. The van der Waals surface area contributed by atoms with Crippen LogP contribution in [-0.4, -0.2) is 26.5 Å². The monoisotopic (exact) mass is 437 g/mol. The molecule has 2 amide bonds. The van der Waals surface area contributed by atoms with Crippen molar-refractivity contribution in [1.82, 2.24) is 20.6 Å². The Morgan fingerprint density at radius 2 is 1.75 bits per heavy atom. The predicted molar refractivity (Wildman–Crippen MR) is 118 cm³/mol. The second-order valence-corrected chi connectivity index (χ2v) is 7.30. The molecule has 0 aliphatic carbocycles. The smallest absolute Gasteiger partial charge is 0.267 e. The number of unbranched alkanes of at least 4 members (excludes halogenated alkanes) is 2. The van der Waals surface area contributed by atoms with Gasteiger partial charge in [-0.2, -0.15) is 5.10 Å². The van der Waals surface area contributed by atoms with Crippen LogP contribution in [0.3, 0.4) is 0 Å². The number of hydrazine groups is 1. The topological polar surface area (TPSA) is 136 Å². The van der Waals surface area contributed by atoms with Crippen LogP contribution < -0.4 is 16.4 Å². The first-order valence-corrected chi connectivity index (χ1v) is 10.2. The number of carbonyl (C=O) groups is 2. The van der Waals surface area contributed by atoms with Gasteiger partial charge in [-0.25, -0.2) is 4.68 Å². The molecule has 0 atom stereocenters. The summed E-state index contributed by atoms with van der Waals surface area (Å²) in [5.41, 5.74) is 4.46. The van der Waals surface area contributed by atoms with E-state index in [9.17, 15) is 24.5 Å². The summed E-state index contributed by atoms with van der Waals surface area (Å²) in [5, 5.41) is 16.0. The minimum Gasteiger partial charge on any atom is -0.267 e. The minimum atomic E-state index is -0.720. The predicted octanol–water partition coefficient (Wildman–Crippen LogP) is 2.88. The molecular weight excluding hydrogens is 414 g/mol. The number of hydrogen-bond acceptors (Lipinski definition) is 6. The lowest BCUT2D eigenvalue weighted by Gasteiger charge is -2.12. The molecule has 3 rings (SSSR count). The number of fused-ring (bicyclic) bond motifs is 1. The first-order chi connectivity index (χ1) is 15.3. The van der Waals surface area contributed by atoms with Crippen LogP contribution in [0, 0.1) is 17.0 Å². The van der Waals surface area contributed by atoms with Crippen molar-refractivity contribution in [3.8, 4) is 0 Å². The third-order valence-corrected chi connectivity index (χ3v) is 5.01. The molecule has 0 unspecified atom stereocenters. The molecule has 3 aromatic rings. The fourth-order valence-electron chi connectivity index (χ4n) is 3.26. The van der Waals surface area contributed by atoms with Crippen LogP contribution in [0.15, 0.2) is 47.3 Å². The standard InChI is InChI=1S/C22H23N5O5/c1-3-4-7-12-26-22(30)17-9-6-5-8-16(17)19(25-26)21(29)24-23-20(28)15-11-10-14(2)18(13-15)27(31)32/h5-6,8-11,13H,3-4,7,12H2,1-2H3,(H,23,28)(H,24,29). The summed E-state index contributed by atoms with van der Waals surface area (Å²) < 4.78 is 1.26. The van der Waals surface area contributed by atoms with E-state index in [2.05, 4.69) is 16.0 Å². The molecule has 166 valence electrons. The van der Waals surface area contributed by atoms with Gasteiger partial charge in [0.05, 0.1) is 10.3 Å². The van der Waals surface area contributed by atoms with Crippen LogP contribution in [-0.2, 0) is 6.54 Å². The molecular formula is C22H23N5O5. The lowest BCUT2D eigenvalue weighted by atomic mass is 10.1. The molecule has 1 heterocycles. The third-order valence-electron chi connectivity index (χ3n) is 5.01. The zero-order valence-electron chi connectivity index (χ0n) is 17.8. The van der Waals surface area contributed by atoms with Crippen LogP contribution in [0.5, 0.6) is 0 Å². The molecule has 0 radical (unpaired) electrons. The van der Waals surface area contributed by atoms with E-state index in [1.54, 1.807) is 31.2 Å². The van der Waals surface area contributed by atoms with Gasteiger partial charge in [0.2, 0.25) is 0 Å². The number of nitrogens with zero attached hydrogens (tertiary/aromatic N) is 3. The van der Waals surface area contributed by atoms with Crippen molar-refractivity contribution >= 4 is 28.3 Å². The molecule has 0 bridgehead atoms. The number of aromatic nitrogens is 2. The van der Waals surface area contributed by atoms with Gasteiger partial charge in [0, 0.05) is 29.1 Å². The summed E-state index contributed by atoms with van der Waals surface area (Å²) in [6.07, 6.45) is 2.63. The van der Waals surface area contributed by atoms with E-state index < -0.39 is 16.7 Å². The first-order valence-electron chi connectivity index (χ1n) is 10.2. The van der Waals surface area contributed by atoms with E-state index in [0.29, 0.717) is 22.9 Å². The maximum absolute atomic E-state index is 12.8. The Bertz CT molecular complexity index is 1250. The van der Waals surface area contributed by atoms with Gasteiger partial charge in [-0.1, -0.05) is 44.0 Å². The second-order valence-electron chi connectivity index (χ2n) is 7.30. The Morgan fingerprint density at radius 1 is 1.06 bits per heavy atom. The molecule has 0 aliphatic heterocycles. The Hall–Kier alpha value is -4.08. The molecule has 0 saturated carbocycles. The maximum Gasteiger partial charge on any atom is 0.290 e. The van der Waals surface area contributed by atoms with Gasteiger partial charge in [0.15, 0.2) is 5.69 Å². The first kappa shape index (κ1) is 22.6. The summed E-state index contributed by atoms with van der Waals surface area (Å²) in [6.45, 7) is 3.98. The quantitative estimate of drug-likeness (QED) is 0.331. The zero-order valence-corrected chi connectivity index (χ0v) is 17.8. The molecule has 10 heteroatoms. The highest BCUT2D eigenvalue weighted by molar-refractivity contribution is 6.06. The molecule has 0 fully saturated rings. The Kier molecular flexibility index (Phi) is 6.93. The Balaban J connectivity index is 1.84. The molecule has 1 aromatic heterocycles. The molecule has 2 N–H and O–H groups in total. The van der Waals surface area contributed by atoms with Gasteiger partial charge in [-0.15, -0.1) is 0 Å². The Labute approximate surface area is 183 Å². The van der Waals surface area contributed by atoms with Gasteiger partial charge in [-0.3, -0.25) is 35.3 Å². The highest BCUT2D eigenvalue weighted by atomic mass is 16.6. The van der Waals surface area contributed by atoms with Crippen LogP contribution in [0.2, 0.25) is 0 Å². The van der Waals surface area contributed by atoms with Crippen molar-refractivity contribution in [2.45, 2.75) is 39.7 Å². The number of nitro groups is 1. The van der Waals surface area contributed by atoms with Gasteiger partial charge in [0.1, 0.15) is 0 Å². The van der Waals surface area contributed by atoms with Gasteiger partial charge in [0.25, 0.3) is 23.1 Å². The molecule has 10 nitrogen and oxygen atoms in total. The highest BCUT2D eigenvalue weighted by Crippen LogP contribution is 2.19. The van der Waals surface area contributed by atoms with E-state index in [1.165, 1.54) is 16.8 Å². The van der Waals surface area contributed by atoms with Crippen LogP contribution >= 0.6 is 0 Å². The molecule has 0 aliphatic rings. The van der Waals surface area contributed by atoms with Crippen molar-refractivity contribution in [1.29, 1.82) is 0 Å². The van der Waals surface area contributed by atoms with Crippen molar-refractivity contribution in [3.63, 3.8) is 0 Å². The van der Waals surface area contributed by atoms with E-state index in [4.69, 9.17) is 0 Å². The minimum absolute atomic E-state index is 0.00751. The van der Waals surface area contributed by atoms with Gasteiger partial charge in [-0.05, 0) is 25.5 Å². The lowest BCUT2D eigenvalue weighted by molar-refractivity contribution is -0.385. The second kappa shape index (κ2) is 9.82. The normalized spacial score (nSPS) is 10.7. The van der Waals surface area contributed by atoms with E-state index in [-0.39, 0.29) is 22.5 Å². The van der Waals surface area contributed by atoms with E-state index in [1.807, 2.05) is 6.92 Å². The summed E-state index contributed by atoms with van der Waals surface area (Å²) in [5.74, 6) is -1.43. The van der Waals surface area contributed by atoms with Crippen molar-refractivity contribution < 1.29 is 14.5 Å². The van der Waals surface area contributed by atoms with Gasteiger partial charge >= 0.3 is 0 Å². The Morgan fingerprint density at radius 3 is 2.44 bits per heavy atom. The average molecular weight is 437 g/mol. The van der Waals surface area contributed by atoms with Crippen molar-refractivity contribution in [2.24, 2.45) is 0 Å². The van der Waals surface area contributed by atoms with Gasteiger partial charge < -0.3 is 0 Å². The molecule has 0 saturated heterocycles. The zero-order chi connectivity index (χ0) is 23.3. The van der Waals surface area contributed by atoms with Crippen molar-refractivity contribution in [2.75, 3.05) is 0 Å². The molecule has 32 heavy (non-hydrogen) atoms. The largest absolute Gasteiger partial charge is 0.290 e. The van der Waals surface area contributed by atoms with Crippen LogP contribution in [0.4, 0.5) is 5.69 Å². The summed E-state index contributed by atoms with van der Waals surface area (Å²) >= 11 is 0. The van der Waals surface area contributed by atoms with Crippen LogP contribution in [0.25, 0.3) is 10.8 Å². The number of benzene rings is 2. The third kappa shape index (κ3) is 4.80. The van der Waals surface area contributed by atoms with E-state index in [0.717, 1.165) is 25.3 Å². The highest BCUT2D eigenvalue weighted by Gasteiger charge is 2.19. The fraction of sp³-hybridized carbons (Fsp3) is 0.273. The SMILES string of the molecule is CCCCCn1nc(C(=O)NNC(=O)c2ccc(C)c([N+](=O)[O-])c2)c2ccccc2c1=O. The number of nitro benzene ring substituents is 1. The average Bonchev–Trinajstić information content (AvgIpc) is 2.79. The summed E-state index contributed by atoms with van der Waals surface area (Å²) in [7, 11) is 0. The summed E-state index contributed by atoms with van der Waals surface area (Å²) in [4.78, 5) is 48.4. The number of nitrogens with one attached hydrogen (secondary N) is 2. The molecule has 2 aromatic carbocycles. The number of rotatable bonds is 7. The molecule has 0 spiro atoms. The maximum atomic E-state index is 12.8. The lowest BCUT2D eigenvalue weighted by Crippen LogP contribution is -2.42. The van der Waals surface area contributed by atoms with E-state index >= 15 is 0 Å². The fourth-order valence-corrected chi connectivity index (χ4v) is 3.26. The number of aryl methyl sites for hydroxylation is 2. The number of amides is 2. The van der Waals surface area contributed by atoms with Crippen molar-refractivity contribution in [3.05, 3.63) is 79.8 Å². The van der Waals surface area contributed by atoms with Crippen LogP contribution in [0.1, 0.15) is 52.6 Å². The summed E-state index contributed by atoms with van der Waals surface area (Å²) in [6, 6.07) is 10.6.